The predicted molar refractivity (Wildman–Crippen MR) is 149 cm³/mol. The molecule has 3 aromatic carbocycles. The van der Waals surface area contributed by atoms with E-state index in [1.807, 2.05) is 24.3 Å². The number of anilines is 1. The van der Waals surface area contributed by atoms with Crippen molar-refractivity contribution in [3.8, 4) is 17.2 Å². The van der Waals surface area contributed by atoms with Gasteiger partial charge in [-0.2, -0.15) is 0 Å². The topological polar surface area (TPSA) is 135 Å². The van der Waals surface area contributed by atoms with Crippen LogP contribution in [-0.4, -0.2) is 62.0 Å². The molecule has 0 radical (unpaired) electrons. The van der Waals surface area contributed by atoms with Gasteiger partial charge in [0.15, 0.2) is 17.3 Å². The van der Waals surface area contributed by atoms with Crippen LogP contribution in [0.3, 0.4) is 0 Å². The number of fused-ring (bicyclic) bond motifs is 2. The number of esters is 1. The number of ketones is 2. The highest BCUT2D eigenvalue weighted by molar-refractivity contribution is 6.20. The molecule has 0 fully saturated rings. The third-order valence-corrected chi connectivity index (χ3v) is 6.24. The number of nitrogens with one attached hydrogen (secondary N) is 1. The number of nitrogens with zero attached hydrogens (tertiary/aromatic N) is 2. The van der Waals surface area contributed by atoms with Crippen LogP contribution in [0.4, 0.5) is 5.82 Å². The lowest BCUT2D eigenvalue weighted by molar-refractivity contribution is -0.116. The van der Waals surface area contributed by atoms with Crippen molar-refractivity contribution in [1.29, 1.82) is 0 Å². The zero-order valence-electron chi connectivity index (χ0n) is 22.4. The summed E-state index contributed by atoms with van der Waals surface area (Å²) in [5, 5.41) is 5.03. The van der Waals surface area contributed by atoms with Crippen molar-refractivity contribution in [2.24, 2.45) is 0 Å². The van der Waals surface area contributed by atoms with E-state index in [9.17, 15) is 14.4 Å². The molecule has 41 heavy (non-hydrogen) atoms. The minimum Gasteiger partial charge on any atom is -0.493 e. The summed E-state index contributed by atoms with van der Waals surface area (Å²) < 4.78 is 26.9. The normalized spacial score (nSPS) is 13.0. The maximum absolute atomic E-state index is 13.1. The summed E-state index contributed by atoms with van der Waals surface area (Å²) in [6.45, 7) is 0.710. The fourth-order valence-corrected chi connectivity index (χ4v) is 4.21. The average molecular weight is 556 g/mol. The fraction of sp³-hybridized carbons (Fsp3) is 0.167. The zero-order chi connectivity index (χ0) is 28.9. The average Bonchev–Trinajstić information content (AvgIpc) is 2.98. The first-order valence-corrected chi connectivity index (χ1v) is 12.4. The van der Waals surface area contributed by atoms with Crippen LogP contribution < -0.4 is 19.5 Å². The van der Waals surface area contributed by atoms with Gasteiger partial charge in [0.05, 0.1) is 32.0 Å². The number of ether oxygens (including phenoxy) is 5. The van der Waals surface area contributed by atoms with Crippen molar-refractivity contribution in [2.75, 3.05) is 39.9 Å². The second-order valence-corrected chi connectivity index (χ2v) is 8.79. The molecule has 1 N–H and O–H groups in total. The Morgan fingerprint density at radius 2 is 1.63 bits per heavy atom. The van der Waals surface area contributed by atoms with Crippen LogP contribution in [-0.2, 0) is 19.1 Å². The van der Waals surface area contributed by atoms with E-state index in [1.165, 1.54) is 20.5 Å². The van der Waals surface area contributed by atoms with Gasteiger partial charge in [0, 0.05) is 30.7 Å². The Kier molecular flexibility index (Phi) is 7.88. The SMILES string of the molecule is COCCOc1cc2ncnc(NC3=CC(=O)C(Oc4cc5ccccc5cc4C(=O)OC)=CC3=O)c2cc1OC. The molecule has 1 aromatic heterocycles. The molecule has 208 valence electrons. The lowest BCUT2D eigenvalue weighted by Gasteiger charge is -2.17. The maximum Gasteiger partial charge on any atom is 0.341 e. The molecule has 0 bridgehead atoms. The van der Waals surface area contributed by atoms with Crippen LogP contribution in [0.25, 0.3) is 21.7 Å². The van der Waals surface area contributed by atoms with Crippen LogP contribution in [0.2, 0.25) is 0 Å². The Hall–Kier alpha value is -5.29. The number of hydrogen-bond donors (Lipinski definition) is 1. The summed E-state index contributed by atoms with van der Waals surface area (Å²) in [7, 11) is 4.32. The Morgan fingerprint density at radius 3 is 2.37 bits per heavy atom. The van der Waals surface area contributed by atoms with Crippen molar-refractivity contribution in [2.45, 2.75) is 0 Å². The zero-order valence-corrected chi connectivity index (χ0v) is 22.4. The van der Waals surface area contributed by atoms with Gasteiger partial charge in [-0.05, 0) is 29.0 Å². The van der Waals surface area contributed by atoms with Gasteiger partial charge in [-0.15, -0.1) is 0 Å². The summed E-state index contributed by atoms with van der Waals surface area (Å²) in [6.07, 6.45) is 3.50. The highest BCUT2D eigenvalue weighted by atomic mass is 16.5. The van der Waals surface area contributed by atoms with E-state index in [-0.39, 0.29) is 28.6 Å². The molecule has 0 atom stereocenters. The fourth-order valence-electron chi connectivity index (χ4n) is 4.21. The third-order valence-electron chi connectivity index (χ3n) is 6.24. The molecule has 5 rings (SSSR count). The highest BCUT2D eigenvalue weighted by Crippen LogP contribution is 2.35. The Labute approximate surface area is 234 Å². The van der Waals surface area contributed by atoms with Crippen LogP contribution in [0.1, 0.15) is 10.4 Å². The second kappa shape index (κ2) is 11.8. The van der Waals surface area contributed by atoms with Gasteiger partial charge in [-0.3, -0.25) is 9.59 Å². The van der Waals surface area contributed by atoms with Gasteiger partial charge >= 0.3 is 5.97 Å². The molecular weight excluding hydrogens is 530 g/mol. The number of allylic oxidation sites excluding steroid dienone is 2. The van der Waals surface area contributed by atoms with E-state index in [2.05, 4.69) is 15.3 Å². The molecule has 1 heterocycles. The quantitative estimate of drug-likeness (QED) is 0.173. The van der Waals surface area contributed by atoms with Gasteiger partial charge in [-0.25, -0.2) is 14.8 Å². The van der Waals surface area contributed by atoms with Crippen LogP contribution >= 0.6 is 0 Å². The van der Waals surface area contributed by atoms with Gasteiger partial charge in [0.1, 0.15) is 30.1 Å². The molecule has 1 aliphatic rings. The number of methoxy groups -OCH3 is 3. The summed E-state index contributed by atoms with van der Waals surface area (Å²) in [5.74, 6) is -0.729. The minimum absolute atomic E-state index is 0.0200. The van der Waals surface area contributed by atoms with Crippen LogP contribution in [0.5, 0.6) is 17.2 Å². The van der Waals surface area contributed by atoms with E-state index in [1.54, 1.807) is 31.4 Å². The number of rotatable bonds is 10. The summed E-state index contributed by atoms with van der Waals surface area (Å²) in [6, 6.07) is 13.9. The van der Waals surface area contributed by atoms with Crippen molar-refractivity contribution >= 4 is 45.0 Å². The number of benzene rings is 3. The Balaban J connectivity index is 1.41. The second-order valence-electron chi connectivity index (χ2n) is 8.79. The number of hydrogen-bond acceptors (Lipinski definition) is 11. The Bertz CT molecular complexity index is 1750. The lowest BCUT2D eigenvalue weighted by Crippen LogP contribution is -2.21. The van der Waals surface area contributed by atoms with E-state index < -0.39 is 17.5 Å². The van der Waals surface area contributed by atoms with E-state index in [4.69, 9.17) is 23.7 Å². The number of carbonyl (C=O) groups is 3. The maximum atomic E-state index is 13.1. The summed E-state index contributed by atoms with van der Waals surface area (Å²) in [4.78, 5) is 47.1. The van der Waals surface area contributed by atoms with Crippen molar-refractivity contribution in [3.63, 3.8) is 0 Å². The molecule has 0 aliphatic heterocycles. The number of aromatic nitrogens is 2. The first-order valence-electron chi connectivity index (χ1n) is 12.4. The highest BCUT2D eigenvalue weighted by Gasteiger charge is 2.25. The molecule has 4 aromatic rings. The molecule has 0 unspecified atom stereocenters. The first-order chi connectivity index (χ1) is 19.9. The van der Waals surface area contributed by atoms with Crippen molar-refractivity contribution in [1.82, 2.24) is 9.97 Å². The molecule has 11 heteroatoms. The lowest BCUT2D eigenvalue weighted by atomic mass is 10.0. The summed E-state index contributed by atoms with van der Waals surface area (Å²) >= 11 is 0. The summed E-state index contributed by atoms with van der Waals surface area (Å²) in [5.41, 5.74) is 0.623. The molecular formula is C30H25N3O8. The van der Waals surface area contributed by atoms with Crippen molar-refractivity contribution in [3.05, 3.63) is 84.0 Å². The van der Waals surface area contributed by atoms with E-state index in [0.29, 0.717) is 35.6 Å². The smallest absolute Gasteiger partial charge is 0.341 e. The van der Waals surface area contributed by atoms with Crippen molar-refractivity contribution < 1.29 is 38.1 Å². The number of carbonyl (C=O) groups excluding carboxylic acids is 3. The minimum atomic E-state index is -0.642. The predicted octanol–water partition coefficient (Wildman–Crippen LogP) is 4.01. The van der Waals surface area contributed by atoms with Gasteiger partial charge < -0.3 is 29.0 Å². The largest absolute Gasteiger partial charge is 0.493 e. The first kappa shape index (κ1) is 27.3. The third kappa shape index (κ3) is 5.70. The monoisotopic (exact) mass is 555 g/mol. The molecule has 1 aliphatic carbocycles. The molecule has 0 saturated carbocycles. The Morgan fingerprint density at radius 1 is 0.854 bits per heavy atom. The van der Waals surface area contributed by atoms with E-state index >= 15 is 0 Å². The van der Waals surface area contributed by atoms with E-state index in [0.717, 1.165) is 22.9 Å². The van der Waals surface area contributed by atoms with Crippen LogP contribution in [0, 0.1) is 0 Å². The van der Waals surface area contributed by atoms with Crippen LogP contribution in [0.15, 0.2) is 78.5 Å². The molecule has 0 amide bonds. The molecule has 0 spiro atoms. The van der Waals surface area contributed by atoms with Gasteiger partial charge in [0.25, 0.3) is 0 Å². The molecule has 0 saturated heterocycles. The standard InChI is InChI=1S/C30H25N3O8/c1-37-8-9-40-28-14-21-19(12-27(28)38-2)29(32-16-31-21)33-22-13-24(35)26(15-23(22)34)41-25-11-18-7-5-4-6-17(18)10-20(25)30(36)39-3/h4-7,10-16H,8-9H2,1-3H3,(H,31,32,33). The van der Waals surface area contributed by atoms with Gasteiger partial charge in [-0.1, -0.05) is 24.3 Å². The van der Waals surface area contributed by atoms with Gasteiger partial charge in [0.2, 0.25) is 11.6 Å². The molecule has 11 nitrogen and oxygen atoms in total.